The smallest absolute Gasteiger partial charge is 0.253 e. The molecular weight excluding hydrogens is 482 g/mol. The van der Waals surface area contributed by atoms with Crippen molar-refractivity contribution in [2.75, 3.05) is 25.7 Å². The normalized spacial score (nSPS) is 17.7. The number of amides is 2. The van der Waals surface area contributed by atoms with Crippen LogP contribution in [0.1, 0.15) is 6.42 Å². The number of thiophene rings is 1. The SMILES string of the molecule is COC(CN(C1CC(=O)N(c2ccc(S(N)(=O)=O)cc2)C1=O)S(=O)(=O)c1cccs1)OC. The Labute approximate surface area is 189 Å². The van der Waals surface area contributed by atoms with Crippen LogP contribution in [0.5, 0.6) is 0 Å². The van der Waals surface area contributed by atoms with Crippen LogP contribution in [0.25, 0.3) is 0 Å². The second-order valence-electron chi connectivity index (χ2n) is 6.73. The molecular formula is C18H21N3O8S3. The number of methoxy groups -OCH3 is 2. The average molecular weight is 504 g/mol. The van der Waals surface area contributed by atoms with Crippen LogP contribution in [0, 0.1) is 0 Å². The number of carbonyl (C=O) groups is 2. The highest BCUT2D eigenvalue weighted by molar-refractivity contribution is 7.91. The minimum absolute atomic E-state index is 0.000314. The maximum atomic E-state index is 13.3. The molecule has 0 radical (unpaired) electrons. The summed E-state index contributed by atoms with van der Waals surface area (Å²) in [6.45, 7) is -0.324. The molecule has 1 atom stereocenters. The van der Waals surface area contributed by atoms with Gasteiger partial charge in [-0.25, -0.2) is 26.9 Å². The van der Waals surface area contributed by atoms with Gasteiger partial charge in [0, 0.05) is 14.2 Å². The van der Waals surface area contributed by atoms with Crippen molar-refractivity contribution in [1.82, 2.24) is 4.31 Å². The summed E-state index contributed by atoms with van der Waals surface area (Å²) in [4.78, 5) is 26.5. The molecule has 2 amide bonds. The highest BCUT2D eigenvalue weighted by Crippen LogP contribution is 2.31. The van der Waals surface area contributed by atoms with E-state index >= 15 is 0 Å². The fraction of sp³-hybridized carbons (Fsp3) is 0.333. The van der Waals surface area contributed by atoms with E-state index in [0.717, 1.165) is 32.7 Å². The van der Waals surface area contributed by atoms with Crippen molar-refractivity contribution in [3.8, 4) is 0 Å². The predicted molar refractivity (Wildman–Crippen MR) is 115 cm³/mol. The minimum atomic E-state index is -4.15. The van der Waals surface area contributed by atoms with Crippen LogP contribution >= 0.6 is 11.3 Å². The van der Waals surface area contributed by atoms with Crippen molar-refractivity contribution in [2.45, 2.75) is 27.9 Å². The fourth-order valence-electron chi connectivity index (χ4n) is 3.21. The molecule has 0 bridgehead atoms. The summed E-state index contributed by atoms with van der Waals surface area (Å²) in [5, 5.41) is 6.65. The van der Waals surface area contributed by atoms with Gasteiger partial charge in [-0.2, -0.15) is 4.31 Å². The number of ether oxygens (including phenoxy) is 2. The molecule has 3 rings (SSSR count). The number of rotatable bonds is 9. The first-order valence-corrected chi connectivity index (χ1v) is 13.0. The molecule has 0 aliphatic carbocycles. The molecule has 2 aromatic rings. The molecule has 2 N–H and O–H groups in total. The molecule has 14 heteroatoms. The third-order valence-electron chi connectivity index (χ3n) is 4.81. The van der Waals surface area contributed by atoms with Crippen LogP contribution < -0.4 is 10.0 Å². The van der Waals surface area contributed by atoms with Gasteiger partial charge >= 0.3 is 0 Å². The van der Waals surface area contributed by atoms with Gasteiger partial charge in [0.05, 0.1) is 23.5 Å². The Bertz CT molecular complexity index is 1190. The van der Waals surface area contributed by atoms with E-state index in [4.69, 9.17) is 14.6 Å². The summed E-state index contributed by atoms with van der Waals surface area (Å²) in [6.07, 6.45) is -1.38. The lowest BCUT2D eigenvalue weighted by molar-refractivity contribution is -0.125. The largest absolute Gasteiger partial charge is 0.354 e. The first-order chi connectivity index (χ1) is 15.0. The van der Waals surface area contributed by atoms with E-state index in [1.165, 1.54) is 32.4 Å². The van der Waals surface area contributed by atoms with Crippen molar-refractivity contribution < 1.29 is 35.9 Å². The summed E-state index contributed by atoms with van der Waals surface area (Å²) < 4.78 is 60.6. The average Bonchev–Trinajstić information content (AvgIpc) is 3.37. The van der Waals surface area contributed by atoms with Gasteiger partial charge in [-0.1, -0.05) is 6.07 Å². The molecule has 1 aliphatic rings. The first kappa shape index (κ1) is 24.4. The molecule has 1 aromatic heterocycles. The van der Waals surface area contributed by atoms with Gasteiger partial charge in [0.15, 0.2) is 6.29 Å². The molecule has 1 aromatic carbocycles. The number of benzene rings is 1. The van der Waals surface area contributed by atoms with E-state index in [-0.39, 0.29) is 21.3 Å². The Morgan fingerprint density at radius 1 is 1.12 bits per heavy atom. The van der Waals surface area contributed by atoms with E-state index in [1.807, 2.05) is 0 Å². The van der Waals surface area contributed by atoms with Crippen LogP contribution in [0.4, 0.5) is 5.69 Å². The van der Waals surface area contributed by atoms with Crippen LogP contribution in [0.2, 0.25) is 0 Å². The van der Waals surface area contributed by atoms with Gasteiger partial charge in [0.1, 0.15) is 10.3 Å². The number of hydrogen-bond acceptors (Lipinski definition) is 9. The number of sulfonamides is 2. The van der Waals surface area contributed by atoms with Crippen molar-refractivity contribution in [3.05, 3.63) is 41.8 Å². The molecule has 0 spiro atoms. The molecule has 11 nitrogen and oxygen atoms in total. The summed E-state index contributed by atoms with van der Waals surface area (Å²) in [6, 6.07) is 6.44. The van der Waals surface area contributed by atoms with E-state index < -0.39 is 50.6 Å². The maximum absolute atomic E-state index is 13.3. The van der Waals surface area contributed by atoms with Crippen LogP contribution in [-0.4, -0.2) is 66.1 Å². The monoisotopic (exact) mass is 503 g/mol. The molecule has 2 heterocycles. The van der Waals surface area contributed by atoms with E-state index in [1.54, 1.807) is 11.4 Å². The summed E-state index contributed by atoms with van der Waals surface area (Å²) in [7, 11) is -5.46. The third-order valence-corrected chi connectivity index (χ3v) is 8.98. The molecule has 0 saturated carbocycles. The Balaban J connectivity index is 1.98. The summed E-state index contributed by atoms with van der Waals surface area (Å²) >= 11 is 0.973. The minimum Gasteiger partial charge on any atom is -0.354 e. The number of primary sulfonamides is 1. The molecule has 1 aliphatic heterocycles. The number of hydrogen-bond donors (Lipinski definition) is 1. The van der Waals surface area contributed by atoms with Crippen LogP contribution in [0.3, 0.4) is 0 Å². The number of anilines is 1. The topological polar surface area (TPSA) is 153 Å². The fourth-order valence-corrected chi connectivity index (χ4v) is 6.41. The van der Waals surface area contributed by atoms with Crippen LogP contribution in [0.15, 0.2) is 50.9 Å². The number of nitrogens with two attached hydrogens (primary N) is 1. The Morgan fingerprint density at radius 3 is 2.25 bits per heavy atom. The van der Waals surface area contributed by atoms with Gasteiger partial charge in [0.25, 0.3) is 15.9 Å². The zero-order chi connectivity index (χ0) is 23.7. The van der Waals surface area contributed by atoms with Crippen molar-refractivity contribution >= 4 is 48.9 Å². The molecule has 32 heavy (non-hydrogen) atoms. The van der Waals surface area contributed by atoms with Gasteiger partial charge < -0.3 is 9.47 Å². The second-order valence-corrected chi connectivity index (χ2v) is 11.4. The highest BCUT2D eigenvalue weighted by atomic mass is 32.2. The molecule has 1 fully saturated rings. The van der Waals surface area contributed by atoms with Crippen LogP contribution in [-0.2, 0) is 39.1 Å². The van der Waals surface area contributed by atoms with Gasteiger partial charge in [-0.05, 0) is 35.7 Å². The number of carbonyl (C=O) groups excluding carboxylic acids is 2. The zero-order valence-corrected chi connectivity index (χ0v) is 19.5. The van der Waals surface area contributed by atoms with Crippen molar-refractivity contribution in [3.63, 3.8) is 0 Å². The third kappa shape index (κ3) is 4.76. The Kier molecular flexibility index (Phi) is 7.14. The number of nitrogens with zero attached hydrogens (tertiary/aromatic N) is 2. The lowest BCUT2D eigenvalue weighted by Gasteiger charge is -2.28. The second kappa shape index (κ2) is 9.35. The quantitative estimate of drug-likeness (QED) is 0.380. The molecule has 1 saturated heterocycles. The van der Waals surface area contributed by atoms with E-state index in [9.17, 15) is 26.4 Å². The molecule has 1 unspecified atom stereocenters. The number of imide groups is 1. The van der Waals surface area contributed by atoms with Gasteiger partial charge in [0.2, 0.25) is 15.9 Å². The molecule has 174 valence electrons. The van der Waals surface area contributed by atoms with Crippen molar-refractivity contribution in [2.24, 2.45) is 5.14 Å². The van der Waals surface area contributed by atoms with Gasteiger partial charge in [-0.15, -0.1) is 11.3 Å². The lowest BCUT2D eigenvalue weighted by atomic mass is 10.2. The Hall–Kier alpha value is -2.20. The van der Waals surface area contributed by atoms with Crippen molar-refractivity contribution in [1.29, 1.82) is 0 Å². The van der Waals surface area contributed by atoms with Gasteiger partial charge in [-0.3, -0.25) is 9.59 Å². The summed E-state index contributed by atoms with van der Waals surface area (Å²) in [5.41, 5.74) is 0.0957. The predicted octanol–water partition coefficient (Wildman–Crippen LogP) is 0.337. The zero-order valence-electron chi connectivity index (χ0n) is 17.1. The Morgan fingerprint density at radius 2 is 1.75 bits per heavy atom. The van der Waals surface area contributed by atoms with E-state index in [0.29, 0.717) is 0 Å². The first-order valence-electron chi connectivity index (χ1n) is 9.11. The lowest BCUT2D eigenvalue weighted by Crippen LogP contribution is -2.48. The summed E-state index contributed by atoms with van der Waals surface area (Å²) in [5.74, 6) is -1.41. The highest BCUT2D eigenvalue weighted by Gasteiger charge is 2.48. The van der Waals surface area contributed by atoms with E-state index in [2.05, 4.69) is 0 Å². The standard InChI is InChI=1S/C18H21N3O8S3/c1-28-16(29-2)11-20(32(26,27)17-4-3-9-30-17)14-10-15(22)21(18(14)23)12-5-7-13(8-6-12)31(19,24)25/h3-9,14,16H,10-11H2,1-2H3,(H2,19,24,25). The maximum Gasteiger partial charge on any atom is 0.253 e.